The summed E-state index contributed by atoms with van der Waals surface area (Å²) in [6, 6.07) is 24.3. The van der Waals surface area contributed by atoms with Crippen LogP contribution in [0, 0.1) is 5.92 Å². The van der Waals surface area contributed by atoms with E-state index in [4.69, 9.17) is 4.74 Å². The van der Waals surface area contributed by atoms with Crippen molar-refractivity contribution in [2.45, 2.75) is 51.2 Å². The van der Waals surface area contributed by atoms with Crippen LogP contribution in [0.5, 0.6) is 5.75 Å². The molecule has 4 aromatic rings. The average Bonchev–Trinajstić information content (AvgIpc) is 3.50. The second-order valence-corrected chi connectivity index (χ2v) is 11.7. The third kappa shape index (κ3) is 9.28. The van der Waals surface area contributed by atoms with Gasteiger partial charge in [-0.25, -0.2) is 4.79 Å². The Hall–Kier alpha value is -4.92. The second kappa shape index (κ2) is 15.2. The SMILES string of the molecule is Cn1cc(-c2cccc(CCC(=O)N3CCC(CC(=O)NC(Cc4ccc(OCc5ccccc5)cc4)C(=O)O)CC3)c2)cn1. The third-order valence-corrected chi connectivity index (χ3v) is 8.28. The van der Waals surface area contributed by atoms with E-state index >= 15 is 0 Å². The zero-order chi connectivity index (χ0) is 31.6. The summed E-state index contributed by atoms with van der Waals surface area (Å²) in [5, 5.41) is 16.7. The van der Waals surface area contributed by atoms with Crippen molar-refractivity contribution < 1.29 is 24.2 Å². The monoisotopic (exact) mass is 608 g/mol. The number of carbonyl (C=O) groups is 3. The van der Waals surface area contributed by atoms with Gasteiger partial charge >= 0.3 is 5.97 Å². The summed E-state index contributed by atoms with van der Waals surface area (Å²) >= 11 is 0. The number of piperidine rings is 1. The number of benzene rings is 3. The molecule has 9 nitrogen and oxygen atoms in total. The summed E-state index contributed by atoms with van der Waals surface area (Å²) in [6.45, 7) is 1.66. The lowest BCUT2D eigenvalue weighted by Crippen LogP contribution is -2.44. The highest BCUT2D eigenvalue weighted by molar-refractivity contribution is 5.84. The minimum Gasteiger partial charge on any atom is -0.489 e. The first-order chi connectivity index (χ1) is 21.8. The lowest BCUT2D eigenvalue weighted by atomic mass is 9.92. The van der Waals surface area contributed by atoms with Crippen molar-refractivity contribution in [3.8, 4) is 16.9 Å². The van der Waals surface area contributed by atoms with Crippen LogP contribution < -0.4 is 10.1 Å². The van der Waals surface area contributed by atoms with Crippen molar-refractivity contribution in [2.75, 3.05) is 13.1 Å². The number of aromatic nitrogens is 2. The Morgan fingerprint density at radius 2 is 1.67 bits per heavy atom. The van der Waals surface area contributed by atoms with Crippen LogP contribution >= 0.6 is 0 Å². The molecule has 2 amide bonds. The molecule has 1 aliphatic rings. The zero-order valence-corrected chi connectivity index (χ0v) is 25.6. The third-order valence-electron chi connectivity index (χ3n) is 8.28. The maximum absolute atomic E-state index is 12.9. The van der Waals surface area contributed by atoms with Gasteiger partial charge in [0.05, 0.1) is 6.20 Å². The fourth-order valence-electron chi connectivity index (χ4n) is 5.69. The Labute approximate surface area is 263 Å². The highest BCUT2D eigenvalue weighted by atomic mass is 16.5. The van der Waals surface area contributed by atoms with Gasteiger partial charge in [-0.1, -0.05) is 66.7 Å². The number of carboxylic acids is 1. The maximum atomic E-state index is 12.9. The molecule has 0 aliphatic carbocycles. The van der Waals surface area contributed by atoms with Crippen molar-refractivity contribution >= 4 is 17.8 Å². The number of carbonyl (C=O) groups excluding carboxylic acids is 2. The number of carboxylic acid groups (broad SMARTS) is 1. The van der Waals surface area contributed by atoms with Crippen LogP contribution in [0.25, 0.3) is 11.1 Å². The van der Waals surface area contributed by atoms with E-state index in [1.807, 2.05) is 97.1 Å². The van der Waals surface area contributed by atoms with Crippen LogP contribution in [0.2, 0.25) is 0 Å². The smallest absolute Gasteiger partial charge is 0.326 e. The van der Waals surface area contributed by atoms with Crippen LogP contribution in [0.1, 0.15) is 42.4 Å². The number of nitrogens with zero attached hydrogens (tertiary/aromatic N) is 3. The molecule has 0 saturated carbocycles. The Bertz CT molecular complexity index is 1580. The molecule has 1 fully saturated rings. The highest BCUT2D eigenvalue weighted by Gasteiger charge is 2.26. The fourth-order valence-corrected chi connectivity index (χ4v) is 5.69. The molecule has 1 aliphatic heterocycles. The van der Waals surface area contributed by atoms with Crippen LogP contribution in [0.3, 0.4) is 0 Å². The molecule has 3 aromatic carbocycles. The van der Waals surface area contributed by atoms with E-state index in [0.29, 0.717) is 38.3 Å². The van der Waals surface area contributed by atoms with E-state index in [1.54, 1.807) is 4.68 Å². The normalized spacial score (nSPS) is 14.1. The number of likely N-dealkylation sites (tertiary alicyclic amines) is 1. The molecular formula is C36H40N4O5. The van der Waals surface area contributed by atoms with Gasteiger partial charge in [0.2, 0.25) is 11.8 Å². The van der Waals surface area contributed by atoms with Crippen molar-refractivity contribution in [1.82, 2.24) is 20.0 Å². The molecule has 1 saturated heterocycles. The van der Waals surface area contributed by atoms with Gasteiger partial charge < -0.3 is 20.1 Å². The minimum atomic E-state index is -1.07. The Kier molecular flexibility index (Phi) is 10.6. The van der Waals surface area contributed by atoms with Gasteiger partial charge in [0.1, 0.15) is 18.4 Å². The maximum Gasteiger partial charge on any atom is 0.326 e. The van der Waals surface area contributed by atoms with Crippen molar-refractivity contribution in [3.05, 3.63) is 108 Å². The number of nitrogens with one attached hydrogen (secondary N) is 1. The molecule has 9 heteroatoms. The Morgan fingerprint density at radius 1 is 0.933 bits per heavy atom. The number of aliphatic carboxylic acids is 1. The molecule has 2 heterocycles. The lowest BCUT2D eigenvalue weighted by molar-refractivity contribution is -0.142. The molecule has 1 atom stereocenters. The number of amides is 2. The molecule has 1 aromatic heterocycles. The van der Waals surface area contributed by atoms with Gasteiger partial charge in [-0.3, -0.25) is 14.3 Å². The van der Waals surface area contributed by atoms with Gasteiger partial charge in [0.15, 0.2) is 0 Å². The fraction of sp³-hybridized carbons (Fsp3) is 0.333. The molecular weight excluding hydrogens is 568 g/mol. The second-order valence-electron chi connectivity index (χ2n) is 11.7. The highest BCUT2D eigenvalue weighted by Crippen LogP contribution is 2.23. The van der Waals surface area contributed by atoms with E-state index in [-0.39, 0.29) is 30.6 Å². The van der Waals surface area contributed by atoms with Gasteiger partial charge in [-0.05, 0) is 59.6 Å². The van der Waals surface area contributed by atoms with Crippen molar-refractivity contribution in [1.29, 1.82) is 0 Å². The van der Waals surface area contributed by atoms with E-state index < -0.39 is 12.0 Å². The standard InChI is InChI=1S/C36H40N4O5/c1-39-24-31(23-37-39)30-9-5-8-26(20-30)12-15-35(42)40-18-16-28(17-19-40)22-34(41)38-33(36(43)44)21-27-10-13-32(14-11-27)45-25-29-6-3-2-4-7-29/h2-11,13-14,20,23-24,28,33H,12,15-19,21-22,25H2,1H3,(H,38,41)(H,43,44). The van der Waals surface area contributed by atoms with Crippen molar-refractivity contribution in [3.63, 3.8) is 0 Å². The predicted octanol–water partition coefficient (Wildman–Crippen LogP) is 5.04. The number of ether oxygens (including phenoxy) is 1. The molecule has 0 spiro atoms. The largest absolute Gasteiger partial charge is 0.489 e. The summed E-state index contributed by atoms with van der Waals surface area (Å²) < 4.78 is 7.58. The summed E-state index contributed by atoms with van der Waals surface area (Å²) in [5.41, 5.74) is 5.10. The first-order valence-corrected chi connectivity index (χ1v) is 15.5. The van der Waals surface area contributed by atoms with Crippen LogP contribution in [0.4, 0.5) is 0 Å². The molecule has 45 heavy (non-hydrogen) atoms. The van der Waals surface area contributed by atoms with E-state index in [9.17, 15) is 19.5 Å². The van der Waals surface area contributed by atoms with Crippen molar-refractivity contribution in [2.24, 2.45) is 13.0 Å². The zero-order valence-electron chi connectivity index (χ0n) is 25.6. The summed E-state index contributed by atoms with van der Waals surface area (Å²) in [7, 11) is 1.89. The quantitative estimate of drug-likeness (QED) is 0.220. The van der Waals surface area contributed by atoms with Crippen LogP contribution in [-0.2, 0) is 40.9 Å². The average molecular weight is 609 g/mol. The predicted molar refractivity (Wildman–Crippen MR) is 171 cm³/mol. The molecule has 5 rings (SSSR count). The van der Waals surface area contributed by atoms with Crippen LogP contribution in [0.15, 0.2) is 91.3 Å². The van der Waals surface area contributed by atoms with E-state index in [1.165, 1.54) is 0 Å². The molecule has 0 bridgehead atoms. The summed E-state index contributed by atoms with van der Waals surface area (Å²) in [5.74, 6) is -0.422. The molecule has 2 N–H and O–H groups in total. The summed E-state index contributed by atoms with van der Waals surface area (Å²) in [4.78, 5) is 39.6. The van der Waals surface area contributed by atoms with E-state index in [2.05, 4.69) is 16.5 Å². The number of hydrogen-bond donors (Lipinski definition) is 2. The van der Waals surface area contributed by atoms with Gasteiger partial charge in [-0.2, -0.15) is 5.10 Å². The first-order valence-electron chi connectivity index (χ1n) is 15.5. The minimum absolute atomic E-state index is 0.112. The summed E-state index contributed by atoms with van der Waals surface area (Å²) in [6.07, 6.45) is 6.77. The van der Waals surface area contributed by atoms with Gasteiger partial charge in [0, 0.05) is 51.2 Å². The number of hydrogen-bond acceptors (Lipinski definition) is 5. The Morgan fingerprint density at radius 3 is 2.36 bits per heavy atom. The molecule has 1 unspecified atom stereocenters. The first kappa shape index (κ1) is 31.5. The number of rotatable bonds is 13. The van der Waals surface area contributed by atoms with Gasteiger partial charge in [-0.15, -0.1) is 0 Å². The number of aryl methyl sites for hydroxylation is 2. The van der Waals surface area contributed by atoms with E-state index in [0.717, 1.165) is 40.7 Å². The topological polar surface area (TPSA) is 114 Å². The molecule has 0 radical (unpaired) electrons. The molecule has 234 valence electrons. The Balaban J connectivity index is 1.03. The van der Waals surface area contributed by atoms with Gasteiger partial charge in [0.25, 0.3) is 0 Å². The lowest BCUT2D eigenvalue weighted by Gasteiger charge is -2.32. The van der Waals surface area contributed by atoms with Crippen LogP contribution in [-0.4, -0.2) is 56.7 Å².